The lowest BCUT2D eigenvalue weighted by molar-refractivity contribution is -0.167. The Bertz CT molecular complexity index is 1420. The molecule has 0 heterocycles. The van der Waals surface area contributed by atoms with Gasteiger partial charge in [-0.2, -0.15) is 0 Å². The number of hydrogen-bond acceptors (Lipinski definition) is 6. The molecule has 6 heteroatoms. The Morgan fingerprint density at radius 2 is 0.541 bits per heavy atom. The van der Waals surface area contributed by atoms with E-state index in [1.807, 2.05) is 0 Å². The number of ether oxygens (including phenoxy) is 3. The van der Waals surface area contributed by atoms with Gasteiger partial charge in [0.25, 0.3) is 0 Å². The van der Waals surface area contributed by atoms with E-state index >= 15 is 0 Å². The monoisotopic (exact) mass is 1030 g/mol. The Labute approximate surface area is 458 Å². The van der Waals surface area contributed by atoms with Crippen LogP contribution in [0.2, 0.25) is 0 Å². The van der Waals surface area contributed by atoms with E-state index < -0.39 is 6.10 Å². The second-order valence-corrected chi connectivity index (χ2v) is 20.9. The Morgan fingerprint density at radius 3 is 0.878 bits per heavy atom. The quantitative estimate of drug-likeness (QED) is 0.0261. The molecule has 0 aromatic heterocycles. The van der Waals surface area contributed by atoms with Gasteiger partial charge in [0.2, 0.25) is 0 Å². The molecule has 0 N–H and O–H groups in total. The van der Waals surface area contributed by atoms with Crippen LogP contribution in [0.4, 0.5) is 0 Å². The first-order valence-corrected chi connectivity index (χ1v) is 31.6. The van der Waals surface area contributed by atoms with E-state index in [0.29, 0.717) is 19.3 Å². The molecule has 0 radical (unpaired) electrons. The number of carbonyl (C=O) groups excluding carboxylic acids is 3. The van der Waals surface area contributed by atoms with E-state index in [1.165, 1.54) is 161 Å². The molecule has 0 aromatic carbocycles. The molecule has 74 heavy (non-hydrogen) atoms. The summed E-state index contributed by atoms with van der Waals surface area (Å²) in [7, 11) is 0. The van der Waals surface area contributed by atoms with Gasteiger partial charge in [-0.25, -0.2) is 0 Å². The van der Waals surface area contributed by atoms with Crippen LogP contribution in [0.3, 0.4) is 0 Å². The number of rotatable bonds is 57. The Balaban J connectivity index is 4.07. The lowest BCUT2D eigenvalue weighted by Gasteiger charge is -2.18. The minimum Gasteiger partial charge on any atom is -0.462 e. The van der Waals surface area contributed by atoms with Crippen molar-refractivity contribution in [1.82, 2.24) is 0 Å². The van der Waals surface area contributed by atoms with E-state index in [1.54, 1.807) is 0 Å². The number of hydrogen-bond donors (Lipinski definition) is 0. The van der Waals surface area contributed by atoms with Gasteiger partial charge in [0.05, 0.1) is 0 Å². The van der Waals surface area contributed by atoms with Crippen LogP contribution in [0.15, 0.2) is 85.1 Å². The molecule has 0 aliphatic heterocycles. The molecule has 0 fully saturated rings. The summed E-state index contributed by atoms with van der Waals surface area (Å²) in [5, 5.41) is 0. The van der Waals surface area contributed by atoms with Crippen molar-refractivity contribution in [3.8, 4) is 0 Å². The zero-order valence-corrected chi connectivity index (χ0v) is 48.8. The minimum atomic E-state index is -0.781. The summed E-state index contributed by atoms with van der Waals surface area (Å²) in [6.45, 7) is 6.47. The third kappa shape index (κ3) is 59.5. The van der Waals surface area contributed by atoms with Gasteiger partial charge in [0, 0.05) is 19.3 Å². The molecule has 0 aromatic rings. The van der Waals surface area contributed by atoms with Gasteiger partial charge in [-0.15, -0.1) is 0 Å². The van der Waals surface area contributed by atoms with Crippen molar-refractivity contribution < 1.29 is 28.6 Å². The average Bonchev–Trinajstić information content (AvgIpc) is 3.40. The van der Waals surface area contributed by atoms with Crippen LogP contribution < -0.4 is 0 Å². The van der Waals surface area contributed by atoms with Crippen molar-refractivity contribution in [1.29, 1.82) is 0 Å². The zero-order valence-electron chi connectivity index (χ0n) is 48.8. The maximum atomic E-state index is 12.8. The average molecular weight is 1030 g/mol. The molecule has 0 rings (SSSR count). The standard InChI is InChI=1S/C68H118O6/c1-4-7-10-13-16-19-22-24-25-26-27-28-29-30-31-32-33-34-35-36-37-38-39-40-41-42-43-44-47-49-52-55-58-61-67(70)73-64-65(63-72-66(69)60-57-54-51-48-45-21-18-15-12-9-6-3)74-68(71)62-59-56-53-50-46-23-20-17-14-11-8-5-2/h7,10,15-20,24-25,27-28,30-31,65H,4-6,8-9,11-14,21-23,26,29,32-64H2,1-3H3/b10-7-,18-15-,19-16-,20-17-,25-24-,28-27-,31-30-. The molecule has 6 nitrogen and oxygen atoms in total. The molecular weight excluding hydrogens is 913 g/mol. The highest BCUT2D eigenvalue weighted by molar-refractivity contribution is 5.71. The number of carbonyl (C=O) groups is 3. The number of unbranched alkanes of at least 4 members (excludes halogenated alkanes) is 32. The molecule has 1 atom stereocenters. The van der Waals surface area contributed by atoms with Crippen LogP contribution in [0.25, 0.3) is 0 Å². The van der Waals surface area contributed by atoms with Gasteiger partial charge in [-0.3, -0.25) is 14.4 Å². The van der Waals surface area contributed by atoms with Crippen LogP contribution in [0.1, 0.15) is 310 Å². The highest BCUT2D eigenvalue weighted by Crippen LogP contribution is 2.16. The van der Waals surface area contributed by atoms with Crippen molar-refractivity contribution in [2.45, 2.75) is 316 Å². The minimum absolute atomic E-state index is 0.0792. The Hall–Kier alpha value is -3.41. The zero-order chi connectivity index (χ0) is 53.6. The van der Waals surface area contributed by atoms with Gasteiger partial charge in [0.1, 0.15) is 13.2 Å². The van der Waals surface area contributed by atoms with Crippen molar-refractivity contribution >= 4 is 17.9 Å². The molecular formula is C68H118O6. The molecule has 0 saturated heterocycles. The largest absolute Gasteiger partial charge is 0.462 e. The first kappa shape index (κ1) is 70.6. The fraction of sp³-hybridized carbons (Fsp3) is 0.750. The molecule has 0 saturated carbocycles. The van der Waals surface area contributed by atoms with Crippen molar-refractivity contribution in [2.75, 3.05) is 13.2 Å². The fourth-order valence-electron chi connectivity index (χ4n) is 8.86. The lowest BCUT2D eigenvalue weighted by Crippen LogP contribution is -2.30. The summed E-state index contributed by atoms with van der Waals surface area (Å²) in [4.78, 5) is 38.1. The van der Waals surface area contributed by atoms with Gasteiger partial charge < -0.3 is 14.2 Å². The summed E-state index contributed by atoms with van der Waals surface area (Å²) in [5.74, 6) is -0.889. The number of esters is 3. The van der Waals surface area contributed by atoms with Gasteiger partial charge in [-0.05, 0) is 109 Å². The van der Waals surface area contributed by atoms with Crippen LogP contribution in [0.5, 0.6) is 0 Å². The highest BCUT2D eigenvalue weighted by Gasteiger charge is 2.19. The van der Waals surface area contributed by atoms with E-state index in [4.69, 9.17) is 14.2 Å². The predicted molar refractivity (Wildman–Crippen MR) is 321 cm³/mol. The maximum absolute atomic E-state index is 12.8. The van der Waals surface area contributed by atoms with Gasteiger partial charge in [0.15, 0.2) is 6.10 Å². The Morgan fingerprint density at radius 1 is 0.284 bits per heavy atom. The fourth-order valence-corrected chi connectivity index (χ4v) is 8.86. The van der Waals surface area contributed by atoms with E-state index in [0.717, 1.165) is 109 Å². The second-order valence-electron chi connectivity index (χ2n) is 20.9. The molecule has 0 bridgehead atoms. The van der Waals surface area contributed by atoms with Crippen LogP contribution in [-0.2, 0) is 28.6 Å². The molecule has 0 aliphatic rings. The molecule has 426 valence electrons. The Kier molecular flexibility index (Phi) is 59.3. The van der Waals surface area contributed by atoms with Crippen molar-refractivity contribution in [3.05, 3.63) is 85.1 Å². The van der Waals surface area contributed by atoms with Crippen molar-refractivity contribution in [2.24, 2.45) is 0 Å². The van der Waals surface area contributed by atoms with Crippen molar-refractivity contribution in [3.63, 3.8) is 0 Å². The van der Waals surface area contributed by atoms with Crippen LogP contribution in [0, 0.1) is 0 Å². The summed E-state index contributed by atoms with van der Waals surface area (Å²) in [5.41, 5.74) is 0. The topological polar surface area (TPSA) is 78.9 Å². The normalized spacial score (nSPS) is 12.6. The SMILES string of the molecule is CC/C=C\C/C=C\C/C=C\C/C=C\C/C=C\CCCCCCCCCCCCCCCCCCCC(=O)OCC(COC(=O)CCCCCCC/C=C\CCCC)OC(=O)CCCCCCC/C=C\CCCCC. The predicted octanol–water partition coefficient (Wildman–Crippen LogP) is 21.5. The third-order valence-corrected chi connectivity index (χ3v) is 13.6. The van der Waals surface area contributed by atoms with E-state index in [-0.39, 0.29) is 31.1 Å². The first-order chi connectivity index (χ1) is 36.5. The van der Waals surface area contributed by atoms with Crippen LogP contribution >= 0.6 is 0 Å². The summed E-state index contributed by atoms with van der Waals surface area (Å²) >= 11 is 0. The lowest BCUT2D eigenvalue weighted by atomic mass is 10.0. The summed E-state index contributed by atoms with van der Waals surface area (Å²) in [6, 6.07) is 0. The van der Waals surface area contributed by atoms with E-state index in [9.17, 15) is 14.4 Å². The maximum Gasteiger partial charge on any atom is 0.306 e. The van der Waals surface area contributed by atoms with E-state index in [2.05, 4.69) is 106 Å². The molecule has 0 amide bonds. The third-order valence-electron chi connectivity index (χ3n) is 13.6. The van der Waals surface area contributed by atoms with Gasteiger partial charge >= 0.3 is 17.9 Å². The molecule has 0 spiro atoms. The summed E-state index contributed by atoms with van der Waals surface area (Å²) < 4.78 is 16.8. The summed E-state index contributed by atoms with van der Waals surface area (Å²) in [6.07, 6.45) is 81.8. The molecule has 0 aliphatic carbocycles. The first-order valence-electron chi connectivity index (χ1n) is 31.6. The highest BCUT2D eigenvalue weighted by atomic mass is 16.6. The van der Waals surface area contributed by atoms with Crippen LogP contribution in [-0.4, -0.2) is 37.2 Å². The molecule has 1 unspecified atom stereocenters. The smallest absolute Gasteiger partial charge is 0.306 e. The van der Waals surface area contributed by atoms with Gasteiger partial charge in [-0.1, -0.05) is 266 Å². The second kappa shape index (κ2) is 62.1. The number of allylic oxidation sites excluding steroid dienone is 14.